The molecule has 3 heteroatoms. The van der Waals surface area contributed by atoms with Gasteiger partial charge in [-0.2, -0.15) is 0 Å². The van der Waals surface area contributed by atoms with Gasteiger partial charge in [-0.1, -0.05) is 38.1 Å². The van der Waals surface area contributed by atoms with Crippen molar-refractivity contribution in [2.75, 3.05) is 26.2 Å². The highest BCUT2D eigenvalue weighted by Crippen LogP contribution is 2.40. The number of ether oxygens (including phenoxy) is 1. The lowest BCUT2D eigenvalue weighted by Crippen LogP contribution is -2.53. The molecule has 3 nitrogen and oxygen atoms in total. The van der Waals surface area contributed by atoms with Gasteiger partial charge in [-0.15, -0.1) is 0 Å². The Hall–Kier alpha value is -0.900. The van der Waals surface area contributed by atoms with E-state index in [-0.39, 0.29) is 0 Å². The van der Waals surface area contributed by atoms with E-state index in [1.165, 1.54) is 17.5 Å². The average Bonchev–Trinajstić information content (AvgIpc) is 2.50. The molecule has 1 aromatic carbocycles. The highest BCUT2D eigenvalue weighted by molar-refractivity contribution is 5.36. The van der Waals surface area contributed by atoms with Crippen molar-refractivity contribution in [1.82, 2.24) is 10.2 Å². The fraction of sp³-hybridized carbons (Fsp3) is 0.667. The maximum Gasteiger partial charge on any atom is 0.0674 e. The van der Waals surface area contributed by atoms with Gasteiger partial charge in [-0.3, -0.25) is 4.90 Å². The Morgan fingerprint density at radius 3 is 2.71 bits per heavy atom. The van der Waals surface area contributed by atoms with E-state index >= 15 is 0 Å². The zero-order chi connectivity index (χ0) is 14.8. The van der Waals surface area contributed by atoms with Crippen molar-refractivity contribution >= 4 is 0 Å². The molecule has 2 aliphatic rings. The molecule has 0 radical (unpaired) electrons. The molecule has 0 spiro atoms. The Labute approximate surface area is 128 Å². The molecule has 1 aromatic rings. The van der Waals surface area contributed by atoms with E-state index in [9.17, 15) is 0 Å². The molecule has 0 aromatic heterocycles. The first kappa shape index (κ1) is 15.0. The van der Waals surface area contributed by atoms with Gasteiger partial charge in [0.15, 0.2) is 0 Å². The molecule has 0 amide bonds. The Morgan fingerprint density at radius 2 is 2.00 bits per heavy atom. The molecule has 1 fully saturated rings. The van der Waals surface area contributed by atoms with Gasteiger partial charge in [0.05, 0.1) is 12.7 Å². The number of morpholine rings is 1. The molecule has 21 heavy (non-hydrogen) atoms. The van der Waals surface area contributed by atoms with Gasteiger partial charge in [0.2, 0.25) is 0 Å². The van der Waals surface area contributed by atoms with Gasteiger partial charge in [-0.05, 0) is 36.9 Å². The summed E-state index contributed by atoms with van der Waals surface area (Å²) in [6.45, 7) is 10.8. The second-order valence-corrected chi connectivity index (χ2v) is 6.54. The van der Waals surface area contributed by atoms with E-state index in [1.807, 2.05) is 0 Å². The lowest BCUT2D eigenvalue weighted by molar-refractivity contribution is -0.0436. The topological polar surface area (TPSA) is 24.5 Å². The zero-order valence-corrected chi connectivity index (χ0v) is 13.5. The molecule has 1 heterocycles. The maximum atomic E-state index is 5.73. The third kappa shape index (κ3) is 3.01. The molecule has 3 rings (SSSR count). The first-order chi connectivity index (χ1) is 10.2. The van der Waals surface area contributed by atoms with Crippen molar-refractivity contribution < 1.29 is 4.74 Å². The van der Waals surface area contributed by atoms with Crippen molar-refractivity contribution in [1.29, 1.82) is 0 Å². The molecule has 1 N–H and O–H groups in total. The van der Waals surface area contributed by atoms with Gasteiger partial charge in [0.1, 0.15) is 0 Å². The first-order valence-electron chi connectivity index (χ1n) is 8.38. The van der Waals surface area contributed by atoms with Crippen LogP contribution in [0.2, 0.25) is 0 Å². The smallest absolute Gasteiger partial charge is 0.0674 e. The minimum absolute atomic E-state index is 0.355. The summed E-state index contributed by atoms with van der Waals surface area (Å²) in [5.41, 5.74) is 3.03. The molecular weight excluding hydrogens is 260 g/mol. The number of likely N-dealkylation sites (N-methyl/N-ethyl adjacent to an activating group) is 1. The summed E-state index contributed by atoms with van der Waals surface area (Å²) >= 11 is 0. The number of nitrogens with one attached hydrogen (secondary N) is 1. The highest BCUT2D eigenvalue weighted by Gasteiger charge is 2.37. The SMILES string of the molecule is CCNC1c2ccccc2C(C)CC1N1CCOC(C)C1. The number of rotatable bonds is 3. The average molecular weight is 288 g/mol. The largest absolute Gasteiger partial charge is 0.376 e. The molecule has 1 aliphatic heterocycles. The molecule has 0 saturated carbocycles. The third-order valence-electron chi connectivity index (χ3n) is 5.01. The quantitative estimate of drug-likeness (QED) is 0.925. The molecule has 4 atom stereocenters. The molecule has 1 saturated heterocycles. The lowest BCUT2D eigenvalue weighted by Gasteiger charge is -2.46. The van der Waals surface area contributed by atoms with Crippen molar-refractivity contribution in [2.24, 2.45) is 0 Å². The summed E-state index contributed by atoms with van der Waals surface area (Å²) in [7, 11) is 0. The lowest BCUT2D eigenvalue weighted by atomic mass is 9.77. The van der Waals surface area contributed by atoms with Crippen LogP contribution < -0.4 is 5.32 Å². The van der Waals surface area contributed by atoms with Gasteiger partial charge in [0.25, 0.3) is 0 Å². The minimum Gasteiger partial charge on any atom is -0.376 e. The second kappa shape index (κ2) is 6.47. The van der Waals surface area contributed by atoms with E-state index < -0.39 is 0 Å². The predicted octanol–water partition coefficient (Wildman–Crippen LogP) is 2.93. The minimum atomic E-state index is 0.355. The molecular formula is C18H28N2O. The summed E-state index contributed by atoms with van der Waals surface area (Å²) in [6.07, 6.45) is 1.59. The summed E-state index contributed by atoms with van der Waals surface area (Å²) in [6, 6.07) is 10.0. The third-order valence-corrected chi connectivity index (χ3v) is 5.01. The summed E-state index contributed by atoms with van der Waals surface area (Å²) in [5, 5.41) is 3.74. The number of hydrogen-bond acceptors (Lipinski definition) is 3. The highest BCUT2D eigenvalue weighted by atomic mass is 16.5. The van der Waals surface area contributed by atoms with Crippen LogP contribution in [-0.4, -0.2) is 43.3 Å². The normalized spacial score (nSPS) is 33.7. The zero-order valence-electron chi connectivity index (χ0n) is 13.5. The monoisotopic (exact) mass is 288 g/mol. The Morgan fingerprint density at radius 1 is 1.24 bits per heavy atom. The number of fused-ring (bicyclic) bond motifs is 1. The predicted molar refractivity (Wildman–Crippen MR) is 86.7 cm³/mol. The molecule has 4 unspecified atom stereocenters. The molecule has 116 valence electrons. The van der Waals surface area contributed by atoms with Gasteiger partial charge in [0, 0.05) is 25.2 Å². The maximum absolute atomic E-state index is 5.73. The van der Waals surface area contributed by atoms with Crippen LogP contribution >= 0.6 is 0 Å². The van der Waals surface area contributed by atoms with Gasteiger partial charge in [-0.25, -0.2) is 0 Å². The van der Waals surface area contributed by atoms with Crippen LogP contribution in [0.5, 0.6) is 0 Å². The van der Waals surface area contributed by atoms with Gasteiger partial charge >= 0.3 is 0 Å². The van der Waals surface area contributed by atoms with E-state index in [1.54, 1.807) is 0 Å². The van der Waals surface area contributed by atoms with E-state index in [4.69, 9.17) is 4.74 Å². The van der Waals surface area contributed by atoms with E-state index in [0.29, 0.717) is 24.1 Å². The van der Waals surface area contributed by atoms with Crippen LogP contribution in [-0.2, 0) is 4.74 Å². The fourth-order valence-corrected chi connectivity index (χ4v) is 4.05. The van der Waals surface area contributed by atoms with Crippen molar-refractivity contribution in [3.05, 3.63) is 35.4 Å². The van der Waals surface area contributed by atoms with E-state index in [0.717, 1.165) is 26.2 Å². The Balaban J connectivity index is 1.89. The summed E-state index contributed by atoms with van der Waals surface area (Å²) in [4.78, 5) is 2.65. The summed E-state index contributed by atoms with van der Waals surface area (Å²) < 4.78 is 5.73. The first-order valence-corrected chi connectivity index (χ1v) is 8.38. The molecule has 0 bridgehead atoms. The van der Waals surface area contributed by atoms with E-state index in [2.05, 4.69) is 55.3 Å². The van der Waals surface area contributed by atoms with Crippen LogP contribution in [0.3, 0.4) is 0 Å². The van der Waals surface area contributed by atoms with Crippen LogP contribution in [0.1, 0.15) is 50.3 Å². The van der Waals surface area contributed by atoms with Crippen molar-refractivity contribution in [3.63, 3.8) is 0 Å². The second-order valence-electron chi connectivity index (χ2n) is 6.54. The van der Waals surface area contributed by atoms with Crippen molar-refractivity contribution in [3.8, 4) is 0 Å². The van der Waals surface area contributed by atoms with Crippen molar-refractivity contribution in [2.45, 2.75) is 51.3 Å². The van der Waals surface area contributed by atoms with Crippen LogP contribution in [0.15, 0.2) is 24.3 Å². The molecule has 1 aliphatic carbocycles. The van der Waals surface area contributed by atoms with Crippen LogP contribution in [0, 0.1) is 0 Å². The van der Waals surface area contributed by atoms with Crippen LogP contribution in [0.4, 0.5) is 0 Å². The number of benzene rings is 1. The number of nitrogens with zero attached hydrogens (tertiary/aromatic N) is 1. The Kier molecular flexibility index (Phi) is 4.63. The standard InChI is InChI=1S/C18H28N2O/c1-4-19-18-16-8-6-5-7-15(16)13(2)11-17(18)20-9-10-21-14(3)12-20/h5-8,13-14,17-19H,4,9-12H2,1-3H3. The number of hydrogen-bond donors (Lipinski definition) is 1. The Bertz CT molecular complexity index is 476. The fourth-order valence-electron chi connectivity index (χ4n) is 4.05. The summed E-state index contributed by atoms with van der Waals surface area (Å²) in [5.74, 6) is 0.638. The van der Waals surface area contributed by atoms with Gasteiger partial charge < -0.3 is 10.1 Å². The van der Waals surface area contributed by atoms with Crippen LogP contribution in [0.25, 0.3) is 0 Å².